The topological polar surface area (TPSA) is 40.5 Å². The molecule has 0 aliphatic rings. The average Bonchev–Trinajstić information content (AvgIpc) is 2.18. The van der Waals surface area contributed by atoms with Gasteiger partial charge in [-0.2, -0.15) is 0 Å². The van der Waals surface area contributed by atoms with Crippen LogP contribution in [0.25, 0.3) is 0 Å². The van der Waals surface area contributed by atoms with Crippen LogP contribution >= 0.6 is 11.6 Å². The average molecular weight is 242 g/mol. The number of hydrogen-bond donors (Lipinski definition) is 1. The smallest absolute Gasteiger partial charge is 0.321 e. The molecule has 0 spiro atoms. The molecule has 1 rings (SSSR count). The van der Waals surface area contributed by atoms with Crippen LogP contribution in [0.4, 0.5) is 0 Å². The van der Waals surface area contributed by atoms with Gasteiger partial charge in [0.15, 0.2) is 0 Å². The molecule has 0 saturated carbocycles. The molecule has 0 fully saturated rings. The van der Waals surface area contributed by atoms with Crippen LogP contribution in [0.2, 0.25) is 5.02 Å². The molecule has 0 aliphatic heterocycles. The first-order valence-electron chi connectivity index (χ1n) is 5.06. The Morgan fingerprint density at radius 1 is 1.50 bits per heavy atom. The zero-order valence-corrected chi connectivity index (χ0v) is 10.5. The number of carboxylic acid groups (broad SMARTS) is 1. The van der Waals surface area contributed by atoms with Crippen molar-refractivity contribution in [1.82, 2.24) is 4.90 Å². The molecule has 4 heteroatoms. The number of hydrogen-bond acceptors (Lipinski definition) is 2. The number of carboxylic acids is 1. The van der Waals surface area contributed by atoms with E-state index in [-0.39, 0.29) is 0 Å². The maximum atomic E-state index is 11.1. The SMILES string of the molecule is Cc1ccc(Cl)cc1C[C@H](C(=O)O)N(C)C. The van der Waals surface area contributed by atoms with Crippen LogP contribution in [-0.4, -0.2) is 36.1 Å². The molecule has 88 valence electrons. The molecular weight excluding hydrogens is 226 g/mol. The van der Waals surface area contributed by atoms with Crippen molar-refractivity contribution in [2.45, 2.75) is 19.4 Å². The molecular formula is C12H16ClNO2. The second-order valence-electron chi connectivity index (χ2n) is 4.09. The summed E-state index contributed by atoms with van der Waals surface area (Å²) < 4.78 is 0. The second-order valence-corrected chi connectivity index (χ2v) is 4.53. The van der Waals surface area contributed by atoms with E-state index in [4.69, 9.17) is 16.7 Å². The van der Waals surface area contributed by atoms with Crippen molar-refractivity contribution in [3.8, 4) is 0 Å². The Labute approximate surface area is 101 Å². The standard InChI is InChI=1S/C12H16ClNO2/c1-8-4-5-10(13)6-9(8)7-11(12(15)16)14(2)3/h4-6,11H,7H2,1-3H3,(H,15,16)/t11-/m1/s1. The van der Waals surface area contributed by atoms with Gasteiger partial charge in [0.2, 0.25) is 0 Å². The maximum absolute atomic E-state index is 11.1. The van der Waals surface area contributed by atoms with E-state index in [0.29, 0.717) is 11.4 Å². The number of benzene rings is 1. The highest BCUT2D eigenvalue weighted by Gasteiger charge is 2.20. The first-order chi connectivity index (χ1) is 7.41. The van der Waals surface area contributed by atoms with Crippen LogP contribution in [0.1, 0.15) is 11.1 Å². The molecule has 0 bridgehead atoms. The summed E-state index contributed by atoms with van der Waals surface area (Å²) in [4.78, 5) is 12.8. The molecule has 1 aromatic rings. The van der Waals surface area contributed by atoms with E-state index < -0.39 is 12.0 Å². The molecule has 0 aliphatic carbocycles. The summed E-state index contributed by atoms with van der Waals surface area (Å²) in [5.41, 5.74) is 2.05. The molecule has 0 aromatic heterocycles. The summed E-state index contributed by atoms with van der Waals surface area (Å²) in [6.07, 6.45) is 0.467. The summed E-state index contributed by atoms with van der Waals surface area (Å²) in [7, 11) is 3.53. The van der Waals surface area contributed by atoms with Gasteiger partial charge in [-0.3, -0.25) is 9.69 Å². The van der Waals surface area contributed by atoms with E-state index >= 15 is 0 Å². The number of halogens is 1. The molecule has 0 amide bonds. The summed E-state index contributed by atoms with van der Waals surface area (Å²) in [5, 5.41) is 9.73. The minimum Gasteiger partial charge on any atom is -0.480 e. The fourth-order valence-electron chi connectivity index (χ4n) is 1.56. The molecule has 0 saturated heterocycles. The Kier molecular flexibility index (Phi) is 4.33. The first-order valence-corrected chi connectivity index (χ1v) is 5.44. The van der Waals surface area contributed by atoms with Gasteiger partial charge in [-0.05, 0) is 50.7 Å². The van der Waals surface area contributed by atoms with Crippen LogP contribution in [0.3, 0.4) is 0 Å². The van der Waals surface area contributed by atoms with Crippen LogP contribution in [-0.2, 0) is 11.2 Å². The van der Waals surface area contributed by atoms with Gasteiger partial charge < -0.3 is 5.11 Å². The number of likely N-dealkylation sites (N-methyl/N-ethyl adjacent to an activating group) is 1. The van der Waals surface area contributed by atoms with Crippen molar-refractivity contribution in [3.05, 3.63) is 34.3 Å². The molecule has 0 radical (unpaired) electrons. The summed E-state index contributed by atoms with van der Waals surface area (Å²) in [5.74, 6) is -0.815. The minimum absolute atomic E-state index is 0.467. The van der Waals surface area contributed by atoms with Crippen LogP contribution in [0, 0.1) is 6.92 Å². The highest BCUT2D eigenvalue weighted by Crippen LogP contribution is 2.18. The Morgan fingerprint density at radius 3 is 2.62 bits per heavy atom. The fraction of sp³-hybridized carbons (Fsp3) is 0.417. The Morgan fingerprint density at radius 2 is 2.12 bits per heavy atom. The highest BCUT2D eigenvalue weighted by atomic mass is 35.5. The van der Waals surface area contributed by atoms with Crippen molar-refractivity contribution < 1.29 is 9.90 Å². The van der Waals surface area contributed by atoms with E-state index in [9.17, 15) is 4.79 Å². The third-order valence-corrected chi connectivity index (χ3v) is 2.87. The quantitative estimate of drug-likeness (QED) is 0.879. The van der Waals surface area contributed by atoms with E-state index in [1.54, 1.807) is 19.0 Å². The summed E-state index contributed by atoms with van der Waals surface area (Å²) in [6, 6.07) is 5.03. The second kappa shape index (κ2) is 5.32. The number of rotatable bonds is 4. The number of nitrogens with zero attached hydrogens (tertiary/aromatic N) is 1. The lowest BCUT2D eigenvalue weighted by Crippen LogP contribution is -2.37. The molecule has 16 heavy (non-hydrogen) atoms. The van der Waals surface area contributed by atoms with Gasteiger partial charge in [-0.25, -0.2) is 0 Å². The fourth-order valence-corrected chi connectivity index (χ4v) is 1.75. The van der Waals surface area contributed by atoms with Crippen molar-refractivity contribution in [3.63, 3.8) is 0 Å². The van der Waals surface area contributed by atoms with Gasteiger partial charge in [0, 0.05) is 5.02 Å². The highest BCUT2D eigenvalue weighted by molar-refractivity contribution is 6.30. The maximum Gasteiger partial charge on any atom is 0.321 e. The normalized spacial score (nSPS) is 12.8. The van der Waals surface area contributed by atoms with Gasteiger partial charge in [-0.1, -0.05) is 17.7 Å². The monoisotopic (exact) mass is 241 g/mol. The van der Waals surface area contributed by atoms with Gasteiger partial charge in [0.25, 0.3) is 0 Å². The van der Waals surface area contributed by atoms with E-state index in [0.717, 1.165) is 11.1 Å². The van der Waals surface area contributed by atoms with Gasteiger partial charge in [0.05, 0.1) is 0 Å². The van der Waals surface area contributed by atoms with Crippen LogP contribution in [0.15, 0.2) is 18.2 Å². The molecule has 3 nitrogen and oxygen atoms in total. The lowest BCUT2D eigenvalue weighted by atomic mass is 10.0. The van der Waals surface area contributed by atoms with Crippen molar-refractivity contribution in [2.24, 2.45) is 0 Å². The Bertz CT molecular complexity index is 391. The first kappa shape index (κ1) is 13.0. The molecule has 1 N–H and O–H groups in total. The molecule has 0 unspecified atom stereocenters. The molecule has 0 heterocycles. The van der Waals surface area contributed by atoms with E-state index in [2.05, 4.69) is 0 Å². The summed E-state index contributed by atoms with van der Waals surface area (Å²) in [6.45, 7) is 1.96. The lowest BCUT2D eigenvalue weighted by Gasteiger charge is -2.20. The van der Waals surface area contributed by atoms with Crippen molar-refractivity contribution in [2.75, 3.05) is 14.1 Å². The van der Waals surface area contributed by atoms with Gasteiger partial charge in [-0.15, -0.1) is 0 Å². The third kappa shape index (κ3) is 3.22. The van der Waals surface area contributed by atoms with Crippen LogP contribution in [0.5, 0.6) is 0 Å². The third-order valence-electron chi connectivity index (χ3n) is 2.63. The van der Waals surface area contributed by atoms with Gasteiger partial charge >= 0.3 is 5.97 Å². The number of carbonyl (C=O) groups is 1. The number of aryl methyl sites for hydroxylation is 1. The largest absolute Gasteiger partial charge is 0.480 e. The molecule has 1 atom stereocenters. The molecule has 1 aromatic carbocycles. The zero-order chi connectivity index (χ0) is 12.3. The Hall–Kier alpha value is -1.06. The van der Waals surface area contributed by atoms with E-state index in [1.165, 1.54) is 0 Å². The lowest BCUT2D eigenvalue weighted by molar-refractivity contribution is -0.142. The predicted molar refractivity (Wildman–Crippen MR) is 65.0 cm³/mol. The van der Waals surface area contributed by atoms with Crippen LogP contribution < -0.4 is 0 Å². The number of aliphatic carboxylic acids is 1. The Balaban J connectivity index is 2.93. The van der Waals surface area contributed by atoms with E-state index in [1.807, 2.05) is 25.1 Å². The van der Waals surface area contributed by atoms with Crippen molar-refractivity contribution >= 4 is 17.6 Å². The minimum atomic E-state index is -0.815. The zero-order valence-electron chi connectivity index (χ0n) is 9.70. The predicted octanol–water partition coefficient (Wildman–Crippen LogP) is 2.21. The van der Waals surface area contributed by atoms with Gasteiger partial charge in [0.1, 0.15) is 6.04 Å². The summed E-state index contributed by atoms with van der Waals surface area (Å²) >= 11 is 5.90. The van der Waals surface area contributed by atoms with Crippen molar-refractivity contribution in [1.29, 1.82) is 0 Å².